The maximum Gasteiger partial charge on any atom is 0.411 e. The predicted molar refractivity (Wildman–Crippen MR) is 77.6 cm³/mol. The summed E-state index contributed by atoms with van der Waals surface area (Å²) in [4.78, 5) is 25.3. The van der Waals surface area contributed by atoms with Crippen LogP contribution in [0.15, 0.2) is 30.3 Å². The molecule has 0 N–H and O–H groups in total. The summed E-state index contributed by atoms with van der Waals surface area (Å²) in [7, 11) is 0. The number of benzene rings is 1. The Bertz CT molecular complexity index is 521. The van der Waals surface area contributed by atoms with Crippen molar-refractivity contribution in [2.45, 2.75) is 52.0 Å². The molecule has 0 saturated carbocycles. The number of hydrogen-bond donors (Lipinski definition) is 0. The molecule has 1 saturated heterocycles. The molecule has 1 aliphatic rings. The molecular formula is C16H21NO4. The Morgan fingerprint density at radius 2 is 1.81 bits per heavy atom. The van der Waals surface area contributed by atoms with E-state index in [1.165, 1.54) is 4.90 Å². The van der Waals surface area contributed by atoms with Crippen molar-refractivity contribution in [3.8, 4) is 0 Å². The van der Waals surface area contributed by atoms with Crippen LogP contribution in [-0.4, -0.2) is 34.6 Å². The zero-order chi connectivity index (χ0) is 15.6. The van der Waals surface area contributed by atoms with Crippen LogP contribution in [0, 0.1) is 0 Å². The van der Waals surface area contributed by atoms with Crippen LogP contribution in [0.2, 0.25) is 0 Å². The van der Waals surface area contributed by atoms with Crippen LogP contribution in [0.4, 0.5) is 4.79 Å². The van der Waals surface area contributed by atoms with E-state index in [9.17, 15) is 9.59 Å². The number of esters is 1. The smallest absolute Gasteiger partial charge is 0.411 e. The Hall–Kier alpha value is -2.04. The predicted octanol–water partition coefficient (Wildman–Crippen LogP) is 2.74. The minimum absolute atomic E-state index is 0.178. The van der Waals surface area contributed by atoms with E-state index in [2.05, 4.69) is 0 Å². The topological polar surface area (TPSA) is 55.6 Å². The monoisotopic (exact) mass is 291 g/mol. The molecule has 5 heteroatoms. The van der Waals surface area contributed by atoms with Gasteiger partial charge in [-0.25, -0.2) is 9.59 Å². The van der Waals surface area contributed by atoms with Crippen LogP contribution in [-0.2, 0) is 20.9 Å². The van der Waals surface area contributed by atoms with Crippen molar-refractivity contribution in [3.63, 3.8) is 0 Å². The standard InChI is InChI=1S/C16H21NO4/c1-11-13(14(18)21-16(2,3)4)17(11)15(19)20-10-12-8-6-5-7-9-12/h5-9,11,13H,10H2,1-4H3/t11-,13+,17?/m0/s1. The van der Waals surface area contributed by atoms with Crippen molar-refractivity contribution in [2.75, 3.05) is 0 Å². The van der Waals surface area contributed by atoms with E-state index in [4.69, 9.17) is 9.47 Å². The van der Waals surface area contributed by atoms with Gasteiger partial charge in [-0.15, -0.1) is 0 Å². The van der Waals surface area contributed by atoms with Crippen LogP contribution < -0.4 is 0 Å². The Morgan fingerprint density at radius 3 is 2.38 bits per heavy atom. The average molecular weight is 291 g/mol. The first-order valence-corrected chi connectivity index (χ1v) is 7.01. The minimum Gasteiger partial charge on any atom is -0.458 e. The Kier molecular flexibility index (Phi) is 4.21. The molecule has 0 unspecified atom stereocenters. The van der Waals surface area contributed by atoms with Gasteiger partial charge in [0.2, 0.25) is 0 Å². The average Bonchev–Trinajstić information content (AvgIpc) is 3.07. The Balaban J connectivity index is 1.85. The van der Waals surface area contributed by atoms with Crippen LogP contribution >= 0.6 is 0 Å². The van der Waals surface area contributed by atoms with Gasteiger partial charge in [0.1, 0.15) is 12.2 Å². The first-order chi connectivity index (χ1) is 9.79. The van der Waals surface area contributed by atoms with E-state index < -0.39 is 17.7 Å². The second-order valence-electron chi connectivity index (χ2n) is 6.17. The second-order valence-corrected chi connectivity index (χ2v) is 6.17. The third-order valence-corrected chi connectivity index (χ3v) is 3.17. The largest absolute Gasteiger partial charge is 0.458 e. The molecule has 2 atom stereocenters. The van der Waals surface area contributed by atoms with Crippen molar-refractivity contribution in [3.05, 3.63) is 35.9 Å². The molecule has 1 aromatic rings. The molecule has 2 rings (SSSR count). The van der Waals surface area contributed by atoms with Crippen LogP contribution in [0.25, 0.3) is 0 Å². The fourth-order valence-corrected chi connectivity index (χ4v) is 2.10. The fraction of sp³-hybridized carbons (Fsp3) is 0.500. The van der Waals surface area contributed by atoms with Crippen molar-refractivity contribution in [2.24, 2.45) is 0 Å². The quantitative estimate of drug-likeness (QED) is 0.634. The molecule has 0 aliphatic carbocycles. The third-order valence-electron chi connectivity index (χ3n) is 3.17. The molecule has 0 bridgehead atoms. The summed E-state index contributed by atoms with van der Waals surface area (Å²) < 4.78 is 10.5. The molecule has 0 aromatic heterocycles. The lowest BCUT2D eigenvalue weighted by Crippen LogP contribution is -2.29. The van der Waals surface area contributed by atoms with Gasteiger partial charge in [-0.1, -0.05) is 30.3 Å². The van der Waals surface area contributed by atoms with Crippen LogP contribution in [0.3, 0.4) is 0 Å². The van der Waals surface area contributed by atoms with Crippen molar-refractivity contribution < 1.29 is 19.1 Å². The van der Waals surface area contributed by atoms with Gasteiger partial charge in [0, 0.05) is 0 Å². The number of rotatable bonds is 3. The zero-order valence-electron chi connectivity index (χ0n) is 12.8. The molecule has 0 spiro atoms. The lowest BCUT2D eigenvalue weighted by molar-refractivity contribution is -0.155. The van der Waals surface area contributed by atoms with Gasteiger partial charge in [0.25, 0.3) is 0 Å². The number of nitrogens with zero attached hydrogens (tertiary/aromatic N) is 1. The normalized spacial score (nSPS) is 20.9. The highest BCUT2D eigenvalue weighted by Gasteiger charge is 2.55. The highest BCUT2D eigenvalue weighted by molar-refractivity contribution is 5.88. The zero-order valence-corrected chi connectivity index (χ0v) is 12.8. The number of carbonyl (C=O) groups is 2. The number of carbonyl (C=O) groups excluding carboxylic acids is 2. The first kappa shape index (κ1) is 15.4. The molecule has 1 heterocycles. The van der Waals surface area contributed by atoms with Gasteiger partial charge in [-0.3, -0.25) is 4.90 Å². The fourth-order valence-electron chi connectivity index (χ4n) is 2.10. The lowest BCUT2D eigenvalue weighted by atomic mass is 10.2. The molecular weight excluding hydrogens is 270 g/mol. The summed E-state index contributed by atoms with van der Waals surface area (Å²) in [6.45, 7) is 7.41. The van der Waals surface area contributed by atoms with Gasteiger partial charge in [-0.2, -0.15) is 0 Å². The SMILES string of the molecule is C[C@H]1[C@H](C(=O)OC(C)(C)C)N1C(=O)OCc1ccccc1. The number of hydrogen-bond acceptors (Lipinski definition) is 4. The summed E-state index contributed by atoms with van der Waals surface area (Å²) in [6, 6.07) is 8.71. The van der Waals surface area contributed by atoms with Gasteiger partial charge in [0.05, 0.1) is 6.04 Å². The van der Waals surface area contributed by atoms with E-state index >= 15 is 0 Å². The van der Waals surface area contributed by atoms with E-state index in [0.717, 1.165) is 5.56 Å². The van der Waals surface area contributed by atoms with E-state index in [0.29, 0.717) is 0 Å². The summed E-state index contributed by atoms with van der Waals surface area (Å²) in [6.07, 6.45) is -0.484. The van der Waals surface area contributed by atoms with Gasteiger partial charge in [-0.05, 0) is 33.3 Å². The molecule has 114 valence electrons. The third kappa shape index (κ3) is 3.97. The summed E-state index contributed by atoms with van der Waals surface area (Å²) >= 11 is 0. The van der Waals surface area contributed by atoms with Crippen molar-refractivity contribution in [1.29, 1.82) is 0 Å². The molecule has 0 radical (unpaired) electrons. The number of ether oxygens (including phenoxy) is 2. The van der Waals surface area contributed by atoms with Gasteiger partial charge in [0.15, 0.2) is 6.04 Å². The molecule has 1 fully saturated rings. The summed E-state index contributed by atoms with van der Waals surface area (Å²) in [5.74, 6) is -0.383. The van der Waals surface area contributed by atoms with Crippen molar-refractivity contribution in [1.82, 2.24) is 4.90 Å². The van der Waals surface area contributed by atoms with E-state index in [1.807, 2.05) is 30.3 Å². The molecule has 21 heavy (non-hydrogen) atoms. The van der Waals surface area contributed by atoms with Crippen LogP contribution in [0.5, 0.6) is 0 Å². The lowest BCUT2D eigenvalue weighted by Gasteiger charge is -2.19. The van der Waals surface area contributed by atoms with E-state index in [1.54, 1.807) is 27.7 Å². The summed E-state index contributed by atoms with van der Waals surface area (Å²) in [5, 5.41) is 0. The van der Waals surface area contributed by atoms with Crippen molar-refractivity contribution >= 4 is 12.1 Å². The maximum absolute atomic E-state index is 12.0. The highest BCUT2D eigenvalue weighted by atomic mass is 16.6. The van der Waals surface area contributed by atoms with Gasteiger partial charge < -0.3 is 9.47 Å². The second kappa shape index (κ2) is 5.76. The molecule has 5 nitrogen and oxygen atoms in total. The first-order valence-electron chi connectivity index (χ1n) is 7.01. The maximum atomic E-state index is 12.0. The number of amides is 1. The minimum atomic E-state index is -0.557. The Labute approximate surface area is 124 Å². The van der Waals surface area contributed by atoms with E-state index in [-0.39, 0.29) is 18.6 Å². The highest BCUT2D eigenvalue weighted by Crippen LogP contribution is 2.31. The summed E-state index contributed by atoms with van der Waals surface area (Å²) in [5.41, 5.74) is 0.355. The molecule has 1 aliphatic heterocycles. The molecule has 1 amide bonds. The Morgan fingerprint density at radius 1 is 1.19 bits per heavy atom. The van der Waals surface area contributed by atoms with Crippen LogP contribution in [0.1, 0.15) is 33.3 Å². The molecule has 1 aromatic carbocycles. The van der Waals surface area contributed by atoms with Gasteiger partial charge >= 0.3 is 12.1 Å².